The highest BCUT2D eigenvalue weighted by Crippen LogP contribution is 2.21. The minimum absolute atomic E-state index is 0.0814. The molecule has 2 rings (SSSR count). The normalized spacial score (nSPS) is 21.4. The Balaban J connectivity index is 2.13. The third kappa shape index (κ3) is 3.05. The van der Waals surface area contributed by atoms with Gasteiger partial charge in [0.25, 0.3) is 0 Å². The van der Waals surface area contributed by atoms with E-state index in [2.05, 4.69) is 0 Å². The molecule has 0 radical (unpaired) electrons. The van der Waals surface area contributed by atoms with Crippen LogP contribution in [0.2, 0.25) is 5.02 Å². The van der Waals surface area contributed by atoms with Crippen molar-refractivity contribution >= 4 is 17.9 Å². The smallest absolute Gasteiger partial charge is 0.137 e. The molecule has 17 heavy (non-hydrogen) atoms. The molecule has 0 bridgehead atoms. The second-order valence-electron chi connectivity index (χ2n) is 4.41. The zero-order valence-corrected chi connectivity index (χ0v) is 10.3. The van der Waals surface area contributed by atoms with Gasteiger partial charge in [0.05, 0.1) is 6.04 Å². The van der Waals surface area contributed by atoms with E-state index in [1.54, 1.807) is 6.07 Å². The molecule has 1 aromatic carbocycles. The fourth-order valence-corrected chi connectivity index (χ4v) is 2.45. The van der Waals surface area contributed by atoms with E-state index in [1.807, 2.05) is 4.90 Å². The van der Waals surface area contributed by atoms with Crippen LogP contribution >= 0.6 is 11.6 Å². The van der Waals surface area contributed by atoms with Gasteiger partial charge in [0.2, 0.25) is 0 Å². The zero-order valence-electron chi connectivity index (χ0n) is 9.53. The Bertz CT molecular complexity index is 410. The van der Waals surface area contributed by atoms with E-state index in [0.717, 1.165) is 32.1 Å². The minimum Gasteiger partial charge on any atom is -0.302 e. The number of likely N-dealkylation sites (tertiary alicyclic amines) is 1. The Morgan fingerprint density at radius 3 is 3.06 bits per heavy atom. The third-order valence-electron chi connectivity index (χ3n) is 3.20. The topological polar surface area (TPSA) is 20.3 Å². The van der Waals surface area contributed by atoms with Crippen molar-refractivity contribution in [1.82, 2.24) is 4.90 Å². The van der Waals surface area contributed by atoms with Crippen molar-refractivity contribution in [2.75, 3.05) is 6.54 Å². The minimum atomic E-state index is -0.260. The first kappa shape index (κ1) is 12.5. The number of nitrogens with zero attached hydrogens (tertiary/aromatic N) is 1. The Labute approximate surface area is 105 Å². The SMILES string of the molecule is O=CC1CCCCN1Cc1cc(Cl)ccc1F. The van der Waals surface area contributed by atoms with Crippen LogP contribution in [0.25, 0.3) is 0 Å². The van der Waals surface area contributed by atoms with Gasteiger partial charge < -0.3 is 4.79 Å². The summed E-state index contributed by atoms with van der Waals surface area (Å²) in [7, 11) is 0. The molecule has 2 nitrogen and oxygen atoms in total. The number of hydrogen-bond acceptors (Lipinski definition) is 2. The fourth-order valence-electron chi connectivity index (χ4n) is 2.25. The van der Waals surface area contributed by atoms with E-state index in [9.17, 15) is 9.18 Å². The number of halogens is 2. The van der Waals surface area contributed by atoms with Crippen molar-refractivity contribution in [3.8, 4) is 0 Å². The van der Waals surface area contributed by atoms with Gasteiger partial charge in [-0.25, -0.2) is 4.39 Å². The molecule has 0 saturated carbocycles. The maximum Gasteiger partial charge on any atom is 0.137 e. The average molecular weight is 256 g/mol. The van der Waals surface area contributed by atoms with Gasteiger partial charge in [0.15, 0.2) is 0 Å². The van der Waals surface area contributed by atoms with E-state index in [4.69, 9.17) is 11.6 Å². The van der Waals surface area contributed by atoms with Gasteiger partial charge in [-0.1, -0.05) is 18.0 Å². The van der Waals surface area contributed by atoms with E-state index in [0.29, 0.717) is 17.1 Å². The highest BCUT2D eigenvalue weighted by molar-refractivity contribution is 6.30. The van der Waals surface area contributed by atoms with Crippen molar-refractivity contribution in [2.45, 2.75) is 31.8 Å². The van der Waals surface area contributed by atoms with Gasteiger partial charge in [-0.15, -0.1) is 0 Å². The molecule has 1 aliphatic heterocycles. The van der Waals surface area contributed by atoms with Crippen molar-refractivity contribution in [1.29, 1.82) is 0 Å². The van der Waals surface area contributed by atoms with Crippen molar-refractivity contribution < 1.29 is 9.18 Å². The molecule has 0 spiro atoms. The summed E-state index contributed by atoms with van der Waals surface area (Å²) in [6, 6.07) is 4.46. The monoisotopic (exact) mass is 255 g/mol. The standard InChI is InChI=1S/C13H15ClFNO/c14-11-4-5-13(15)10(7-11)8-16-6-2-1-3-12(16)9-17/h4-5,7,9,12H,1-3,6,8H2. The van der Waals surface area contributed by atoms with Gasteiger partial charge >= 0.3 is 0 Å². The molecular weight excluding hydrogens is 241 g/mol. The predicted molar refractivity (Wildman–Crippen MR) is 65.5 cm³/mol. The van der Waals surface area contributed by atoms with Crippen LogP contribution in [0.4, 0.5) is 4.39 Å². The summed E-state index contributed by atoms with van der Waals surface area (Å²) in [5.74, 6) is -0.260. The highest BCUT2D eigenvalue weighted by Gasteiger charge is 2.22. The summed E-state index contributed by atoms with van der Waals surface area (Å²) in [6.45, 7) is 1.30. The number of rotatable bonds is 3. The molecule has 1 aromatic rings. The van der Waals surface area contributed by atoms with Gasteiger partial charge in [-0.3, -0.25) is 4.90 Å². The van der Waals surface area contributed by atoms with Crippen LogP contribution in [0.5, 0.6) is 0 Å². The van der Waals surface area contributed by atoms with E-state index >= 15 is 0 Å². The molecule has 1 heterocycles. The number of carbonyl (C=O) groups excluding carboxylic acids is 1. The van der Waals surface area contributed by atoms with Crippen molar-refractivity contribution in [3.63, 3.8) is 0 Å². The van der Waals surface area contributed by atoms with Crippen LogP contribution < -0.4 is 0 Å². The summed E-state index contributed by atoms with van der Waals surface area (Å²) in [4.78, 5) is 13.0. The molecule has 1 unspecified atom stereocenters. The van der Waals surface area contributed by atoms with Gasteiger partial charge in [-0.2, -0.15) is 0 Å². The molecule has 0 N–H and O–H groups in total. The Hall–Kier alpha value is -0.930. The maximum atomic E-state index is 13.6. The summed E-state index contributed by atoms with van der Waals surface area (Å²) in [6.07, 6.45) is 3.96. The first-order chi connectivity index (χ1) is 8.20. The Morgan fingerprint density at radius 1 is 1.47 bits per heavy atom. The van der Waals surface area contributed by atoms with Crippen LogP contribution in [-0.4, -0.2) is 23.8 Å². The molecule has 4 heteroatoms. The zero-order chi connectivity index (χ0) is 12.3. The lowest BCUT2D eigenvalue weighted by Gasteiger charge is -2.32. The lowest BCUT2D eigenvalue weighted by Crippen LogP contribution is -2.40. The predicted octanol–water partition coefficient (Wildman–Crippen LogP) is 3.03. The van der Waals surface area contributed by atoms with Gasteiger partial charge in [-0.05, 0) is 37.6 Å². The lowest BCUT2D eigenvalue weighted by molar-refractivity contribution is -0.113. The molecule has 0 aromatic heterocycles. The largest absolute Gasteiger partial charge is 0.302 e. The number of piperidine rings is 1. The van der Waals surface area contributed by atoms with Crippen LogP contribution in [-0.2, 0) is 11.3 Å². The van der Waals surface area contributed by atoms with Crippen molar-refractivity contribution in [3.05, 3.63) is 34.6 Å². The highest BCUT2D eigenvalue weighted by atomic mass is 35.5. The Kier molecular flexibility index (Phi) is 4.13. The lowest BCUT2D eigenvalue weighted by atomic mass is 10.0. The first-order valence-corrected chi connectivity index (χ1v) is 6.22. The Morgan fingerprint density at radius 2 is 2.29 bits per heavy atom. The molecule has 1 saturated heterocycles. The maximum absolute atomic E-state index is 13.6. The summed E-state index contributed by atoms with van der Waals surface area (Å²) in [5.41, 5.74) is 0.561. The molecule has 1 atom stereocenters. The van der Waals surface area contributed by atoms with Gasteiger partial charge in [0, 0.05) is 17.1 Å². The first-order valence-electron chi connectivity index (χ1n) is 5.84. The second kappa shape index (κ2) is 5.61. The number of hydrogen-bond donors (Lipinski definition) is 0. The van der Waals surface area contributed by atoms with E-state index < -0.39 is 0 Å². The van der Waals surface area contributed by atoms with E-state index in [-0.39, 0.29) is 11.9 Å². The molecule has 0 amide bonds. The summed E-state index contributed by atoms with van der Waals surface area (Å²) in [5, 5.41) is 0.529. The van der Waals surface area contributed by atoms with Crippen LogP contribution in [0, 0.1) is 5.82 Å². The fraction of sp³-hybridized carbons (Fsp3) is 0.462. The second-order valence-corrected chi connectivity index (χ2v) is 4.84. The number of benzene rings is 1. The van der Waals surface area contributed by atoms with E-state index in [1.165, 1.54) is 12.1 Å². The molecule has 0 aliphatic carbocycles. The van der Waals surface area contributed by atoms with Gasteiger partial charge in [0.1, 0.15) is 12.1 Å². The quantitative estimate of drug-likeness (QED) is 0.774. The van der Waals surface area contributed by atoms with Crippen LogP contribution in [0.1, 0.15) is 24.8 Å². The van der Waals surface area contributed by atoms with Crippen molar-refractivity contribution in [2.24, 2.45) is 0 Å². The molecule has 92 valence electrons. The average Bonchev–Trinajstić information content (AvgIpc) is 2.34. The van der Waals surface area contributed by atoms with Crippen LogP contribution in [0.15, 0.2) is 18.2 Å². The number of aldehydes is 1. The number of carbonyl (C=O) groups is 1. The van der Waals surface area contributed by atoms with Crippen LogP contribution in [0.3, 0.4) is 0 Å². The summed E-state index contributed by atoms with van der Waals surface area (Å²) < 4.78 is 13.6. The third-order valence-corrected chi connectivity index (χ3v) is 3.44. The molecule has 1 aliphatic rings. The summed E-state index contributed by atoms with van der Waals surface area (Å²) >= 11 is 5.85. The molecule has 1 fully saturated rings. The molecular formula is C13H15ClFNO.